The number of hydrogen-bond acceptors (Lipinski definition) is 8. The Balaban J connectivity index is 1.60. The Morgan fingerprint density at radius 3 is 2.35 bits per heavy atom. The van der Waals surface area contributed by atoms with Crippen molar-refractivity contribution in [3.63, 3.8) is 0 Å². The number of hydrogen-bond donors (Lipinski definition) is 2. The number of nitrogens with one attached hydrogen (secondary N) is 1. The summed E-state index contributed by atoms with van der Waals surface area (Å²) in [5.41, 5.74) is 2.96. The molecule has 2 aromatic heterocycles. The summed E-state index contributed by atoms with van der Waals surface area (Å²) in [7, 11) is -4.15. The highest BCUT2D eigenvalue weighted by Crippen LogP contribution is 2.47. The SMILES string of the molecule is CC(C)[Si](OC1CC(Nc2ncncc2C(=O)c2cc(C(O)c3cccc(Br)c3)c(Cl)s2)CC1CO[Si](C)(C)C(C)(C)C)(C(C)C)C(C)C. The topological polar surface area (TPSA) is 93.6 Å². The highest BCUT2D eigenvalue weighted by Gasteiger charge is 2.50. The second-order valence-electron chi connectivity index (χ2n) is 16.0. The van der Waals surface area contributed by atoms with E-state index in [2.05, 4.69) is 107 Å². The molecule has 7 nitrogen and oxygen atoms in total. The van der Waals surface area contributed by atoms with Crippen LogP contribution in [0.25, 0.3) is 0 Å². The molecular formula is C37H55BrClN3O4SSi2. The van der Waals surface area contributed by atoms with Gasteiger partial charge >= 0.3 is 0 Å². The van der Waals surface area contributed by atoms with Crippen LogP contribution in [-0.4, -0.2) is 56.2 Å². The number of thiophene rings is 1. The molecule has 49 heavy (non-hydrogen) atoms. The van der Waals surface area contributed by atoms with E-state index in [1.54, 1.807) is 12.3 Å². The van der Waals surface area contributed by atoms with E-state index in [1.807, 2.05) is 24.3 Å². The third-order valence-electron chi connectivity index (χ3n) is 10.9. The molecule has 4 rings (SSSR count). The number of aliphatic hydroxyl groups excluding tert-OH is 1. The second kappa shape index (κ2) is 16.1. The van der Waals surface area contributed by atoms with Crippen molar-refractivity contribution in [2.24, 2.45) is 5.92 Å². The Labute approximate surface area is 313 Å². The number of rotatable bonds is 14. The van der Waals surface area contributed by atoms with Gasteiger partial charge < -0.3 is 19.3 Å². The van der Waals surface area contributed by atoms with Crippen molar-refractivity contribution in [3.05, 3.63) is 73.2 Å². The first kappa shape index (κ1) is 40.3. The van der Waals surface area contributed by atoms with E-state index < -0.39 is 22.7 Å². The van der Waals surface area contributed by atoms with Crippen molar-refractivity contribution in [2.45, 2.75) is 128 Å². The molecule has 1 saturated carbocycles. The monoisotopic (exact) mass is 807 g/mol. The Kier molecular flexibility index (Phi) is 13.2. The van der Waals surface area contributed by atoms with Gasteiger partial charge in [0.1, 0.15) is 18.2 Å². The largest absolute Gasteiger partial charge is 0.416 e. The maximum absolute atomic E-state index is 14.0. The zero-order chi connectivity index (χ0) is 36.5. The molecule has 0 saturated heterocycles. The average molecular weight is 809 g/mol. The van der Waals surface area contributed by atoms with Crippen molar-refractivity contribution in [1.29, 1.82) is 0 Å². The lowest BCUT2D eigenvalue weighted by Gasteiger charge is -2.45. The molecule has 12 heteroatoms. The van der Waals surface area contributed by atoms with Crippen LogP contribution in [0, 0.1) is 5.92 Å². The maximum Gasteiger partial charge on any atom is 0.208 e. The van der Waals surface area contributed by atoms with E-state index in [1.165, 1.54) is 6.33 Å². The van der Waals surface area contributed by atoms with Crippen LogP contribution >= 0.6 is 38.9 Å². The minimum absolute atomic E-state index is 0.0403. The summed E-state index contributed by atoms with van der Waals surface area (Å²) in [4.78, 5) is 23.2. The molecule has 0 bridgehead atoms. The fourth-order valence-electron chi connectivity index (χ4n) is 7.20. The Bertz CT molecular complexity index is 1570. The fourth-order valence-corrected chi connectivity index (χ4v) is 15.6. The molecule has 3 aromatic rings. The summed E-state index contributed by atoms with van der Waals surface area (Å²) < 4.78 is 15.5. The summed E-state index contributed by atoms with van der Waals surface area (Å²) in [6.45, 7) is 26.1. The van der Waals surface area contributed by atoms with Crippen LogP contribution in [-0.2, 0) is 8.85 Å². The van der Waals surface area contributed by atoms with Crippen LogP contribution in [0.1, 0.15) is 108 Å². The van der Waals surface area contributed by atoms with Gasteiger partial charge in [0.05, 0.1) is 20.9 Å². The minimum atomic E-state index is -2.17. The number of aliphatic hydroxyl groups is 1. The van der Waals surface area contributed by atoms with Gasteiger partial charge in [-0.15, -0.1) is 11.3 Å². The van der Waals surface area contributed by atoms with Crippen LogP contribution in [0.2, 0.25) is 39.1 Å². The van der Waals surface area contributed by atoms with Crippen LogP contribution in [0.3, 0.4) is 0 Å². The molecule has 0 radical (unpaired) electrons. The van der Waals surface area contributed by atoms with Gasteiger partial charge in [0.25, 0.3) is 0 Å². The quantitative estimate of drug-likeness (QED) is 0.124. The zero-order valence-corrected chi connectivity index (χ0v) is 36.1. The first-order chi connectivity index (χ1) is 22.8. The van der Waals surface area contributed by atoms with Crippen LogP contribution in [0.15, 0.2) is 47.3 Å². The molecule has 1 aliphatic rings. The number of ketones is 1. The Morgan fingerprint density at radius 1 is 1.10 bits per heavy atom. The van der Waals surface area contributed by atoms with Crippen LogP contribution < -0.4 is 5.32 Å². The molecule has 2 N–H and O–H groups in total. The third kappa shape index (κ3) is 8.96. The molecular weight excluding hydrogens is 754 g/mol. The average Bonchev–Trinajstić information content (AvgIpc) is 3.59. The van der Waals surface area contributed by atoms with Gasteiger partial charge in [-0.2, -0.15) is 0 Å². The molecule has 4 unspecified atom stereocenters. The molecule has 270 valence electrons. The lowest BCUT2D eigenvalue weighted by molar-refractivity contribution is 0.0971. The van der Waals surface area contributed by atoms with Gasteiger partial charge in [-0.05, 0) is 71.4 Å². The van der Waals surface area contributed by atoms with Crippen molar-refractivity contribution in [3.8, 4) is 0 Å². The predicted octanol–water partition coefficient (Wildman–Crippen LogP) is 11.0. The van der Waals surface area contributed by atoms with Crippen molar-refractivity contribution in [2.75, 3.05) is 11.9 Å². The molecule has 4 atom stereocenters. The fraction of sp³-hybridized carbons (Fsp3) is 0.595. The maximum atomic E-state index is 14.0. The first-order valence-corrected chi connectivity index (χ1v) is 24.5. The van der Waals surface area contributed by atoms with Gasteiger partial charge in [0.2, 0.25) is 14.1 Å². The zero-order valence-electron chi connectivity index (χ0n) is 30.9. The summed E-state index contributed by atoms with van der Waals surface area (Å²) in [5.74, 6) is 0.472. The summed E-state index contributed by atoms with van der Waals surface area (Å²) in [5, 5.41) is 14.9. The van der Waals surface area contributed by atoms with Gasteiger partial charge in [-0.1, -0.05) is 102 Å². The van der Waals surface area contributed by atoms with Gasteiger partial charge in [0, 0.05) is 34.8 Å². The van der Waals surface area contributed by atoms with E-state index in [9.17, 15) is 9.90 Å². The summed E-state index contributed by atoms with van der Waals surface area (Å²) >= 11 is 11.2. The molecule has 0 amide bonds. The van der Waals surface area contributed by atoms with Gasteiger partial charge in [-0.25, -0.2) is 9.97 Å². The van der Waals surface area contributed by atoms with E-state index in [4.69, 9.17) is 20.5 Å². The normalized spacial score (nSPS) is 19.7. The summed E-state index contributed by atoms with van der Waals surface area (Å²) in [6.07, 6.45) is 3.76. The molecule has 1 aliphatic carbocycles. The standard InChI is InChI=1S/C37H55BrClN3O4SSi2/c1-22(2)49(23(3)4,24(5)6)46-31-17-28(16-26(31)20-45-48(10,11)37(7,8)9)42-36-30(19-40-21-41-36)34(44)32-18-29(35(39)47-32)33(43)25-13-12-14-27(38)15-25/h12-15,18-19,21-24,26,28,31,33,43H,16-17,20H2,1-11H3,(H,40,41,42). The third-order valence-corrected chi connectivity index (χ3v) is 23.4. The lowest BCUT2D eigenvalue weighted by atomic mass is 10.0. The Morgan fingerprint density at radius 2 is 1.76 bits per heavy atom. The first-order valence-electron chi connectivity index (χ1n) is 17.4. The van der Waals surface area contributed by atoms with Crippen LogP contribution in [0.5, 0.6) is 0 Å². The lowest BCUT2D eigenvalue weighted by Crippen LogP contribution is -2.51. The number of carbonyl (C=O) groups is 1. The van der Waals surface area contributed by atoms with Crippen LogP contribution in [0.4, 0.5) is 5.82 Å². The number of anilines is 1. The van der Waals surface area contributed by atoms with E-state index in [0.29, 0.717) is 55.0 Å². The van der Waals surface area contributed by atoms with Crippen molar-refractivity contribution >= 4 is 67.1 Å². The molecule has 0 spiro atoms. The minimum Gasteiger partial charge on any atom is -0.416 e. The number of benzene rings is 1. The summed E-state index contributed by atoms with van der Waals surface area (Å²) in [6, 6.07) is 9.14. The number of carbonyl (C=O) groups excluding carboxylic acids is 1. The number of halogens is 2. The number of aromatic nitrogens is 2. The predicted molar refractivity (Wildman–Crippen MR) is 212 cm³/mol. The van der Waals surface area contributed by atoms with E-state index in [0.717, 1.165) is 28.7 Å². The molecule has 1 aromatic carbocycles. The van der Waals surface area contributed by atoms with Gasteiger partial charge in [0.15, 0.2) is 8.32 Å². The van der Waals surface area contributed by atoms with E-state index in [-0.39, 0.29) is 28.9 Å². The smallest absolute Gasteiger partial charge is 0.208 e. The van der Waals surface area contributed by atoms with E-state index >= 15 is 0 Å². The van der Waals surface area contributed by atoms with Crippen molar-refractivity contribution < 1.29 is 18.8 Å². The number of nitrogens with zero attached hydrogens (tertiary/aromatic N) is 2. The molecule has 0 aliphatic heterocycles. The second-order valence-corrected chi connectivity index (χ2v) is 28.8. The van der Waals surface area contributed by atoms with Gasteiger partial charge in [-0.3, -0.25) is 4.79 Å². The molecule has 2 heterocycles. The molecule has 1 fully saturated rings. The Hall–Kier alpha value is -1.45. The van der Waals surface area contributed by atoms with Crippen molar-refractivity contribution in [1.82, 2.24) is 9.97 Å². The highest BCUT2D eigenvalue weighted by atomic mass is 79.9. The highest BCUT2D eigenvalue weighted by molar-refractivity contribution is 9.10.